The van der Waals surface area contributed by atoms with Crippen LogP contribution >= 0.6 is 0 Å². The molecule has 0 aliphatic heterocycles. The molecule has 2 heterocycles. The Hall–Kier alpha value is -2.57. The monoisotopic (exact) mass is 280 g/mol. The average molecular weight is 280 g/mol. The largest absolute Gasteiger partial charge is 0.271 e. The Kier molecular flexibility index (Phi) is 3.72. The first-order valence-electron chi connectivity index (χ1n) is 6.65. The average Bonchev–Trinajstić information content (AvgIpc) is 3.00. The molecule has 3 aromatic rings. The maximum Gasteiger partial charge on any atom is 0.0916 e. The molecular formula is C15H16N6. The summed E-state index contributed by atoms with van der Waals surface area (Å²) in [6.45, 7) is 1.95. The van der Waals surface area contributed by atoms with E-state index in [0.29, 0.717) is 0 Å². The van der Waals surface area contributed by atoms with E-state index in [-0.39, 0.29) is 6.04 Å². The fraction of sp³-hybridized carbons (Fsp3) is 0.133. The van der Waals surface area contributed by atoms with Gasteiger partial charge < -0.3 is 0 Å². The number of aromatic nitrogens is 4. The van der Waals surface area contributed by atoms with Gasteiger partial charge >= 0.3 is 0 Å². The number of hydrogen-bond acceptors (Lipinski definition) is 5. The summed E-state index contributed by atoms with van der Waals surface area (Å²) in [4.78, 5) is 4.31. The smallest absolute Gasteiger partial charge is 0.0916 e. The van der Waals surface area contributed by atoms with E-state index in [1.807, 2.05) is 49.4 Å². The molecule has 0 aliphatic rings. The van der Waals surface area contributed by atoms with Crippen LogP contribution in [0.1, 0.15) is 23.0 Å². The van der Waals surface area contributed by atoms with E-state index in [1.54, 1.807) is 17.1 Å². The molecule has 3 N–H and O–H groups in total. The Labute approximate surface area is 122 Å². The Morgan fingerprint density at radius 1 is 1.14 bits per heavy atom. The molecule has 1 unspecified atom stereocenters. The van der Waals surface area contributed by atoms with Gasteiger partial charge in [0.15, 0.2) is 0 Å². The van der Waals surface area contributed by atoms with Gasteiger partial charge in [-0.1, -0.05) is 29.5 Å². The molecule has 21 heavy (non-hydrogen) atoms. The van der Waals surface area contributed by atoms with E-state index in [2.05, 4.69) is 20.7 Å². The zero-order chi connectivity index (χ0) is 14.7. The summed E-state index contributed by atoms with van der Waals surface area (Å²) in [5.74, 6) is 5.77. The van der Waals surface area contributed by atoms with Crippen molar-refractivity contribution in [1.29, 1.82) is 0 Å². The summed E-state index contributed by atoms with van der Waals surface area (Å²) < 4.78 is 1.77. The first-order chi connectivity index (χ1) is 10.3. The Bertz CT molecular complexity index is 722. The van der Waals surface area contributed by atoms with Crippen molar-refractivity contribution in [2.24, 2.45) is 5.84 Å². The molecule has 2 aromatic heterocycles. The third-order valence-electron chi connectivity index (χ3n) is 3.40. The van der Waals surface area contributed by atoms with Crippen LogP contribution in [0.3, 0.4) is 0 Å². The van der Waals surface area contributed by atoms with E-state index in [1.165, 1.54) is 0 Å². The Morgan fingerprint density at radius 3 is 2.67 bits per heavy atom. The normalized spacial score (nSPS) is 12.3. The molecule has 1 aromatic carbocycles. The van der Waals surface area contributed by atoms with Crippen LogP contribution in [0, 0.1) is 6.92 Å². The van der Waals surface area contributed by atoms with Gasteiger partial charge in [-0.3, -0.25) is 10.8 Å². The first kappa shape index (κ1) is 13.4. The van der Waals surface area contributed by atoms with Crippen molar-refractivity contribution < 1.29 is 0 Å². The van der Waals surface area contributed by atoms with Crippen LogP contribution in [0.4, 0.5) is 0 Å². The Morgan fingerprint density at radius 2 is 1.95 bits per heavy atom. The van der Waals surface area contributed by atoms with Crippen LogP contribution in [0.5, 0.6) is 0 Å². The van der Waals surface area contributed by atoms with Crippen molar-refractivity contribution >= 4 is 0 Å². The molecule has 3 rings (SSSR count). The van der Waals surface area contributed by atoms with Crippen LogP contribution in [-0.2, 0) is 0 Å². The lowest BCUT2D eigenvalue weighted by atomic mass is 10.0. The van der Waals surface area contributed by atoms with E-state index >= 15 is 0 Å². The van der Waals surface area contributed by atoms with E-state index in [4.69, 9.17) is 5.84 Å². The van der Waals surface area contributed by atoms with Crippen LogP contribution in [0.15, 0.2) is 54.9 Å². The van der Waals surface area contributed by atoms with Crippen molar-refractivity contribution in [3.63, 3.8) is 0 Å². The van der Waals surface area contributed by atoms with Crippen LogP contribution < -0.4 is 11.3 Å². The number of nitrogens with one attached hydrogen (secondary N) is 1. The van der Waals surface area contributed by atoms with Crippen molar-refractivity contribution in [2.75, 3.05) is 0 Å². The van der Waals surface area contributed by atoms with Crippen LogP contribution in [-0.4, -0.2) is 20.0 Å². The third-order valence-corrected chi connectivity index (χ3v) is 3.40. The maximum absolute atomic E-state index is 5.77. The molecule has 0 saturated carbocycles. The minimum Gasteiger partial charge on any atom is -0.271 e. The number of hydrogen-bond donors (Lipinski definition) is 2. The summed E-state index contributed by atoms with van der Waals surface area (Å²) in [6.07, 6.45) is 3.48. The van der Waals surface area contributed by atoms with Gasteiger partial charge in [0.1, 0.15) is 0 Å². The van der Waals surface area contributed by atoms with Gasteiger partial charge in [0.25, 0.3) is 0 Å². The fourth-order valence-electron chi connectivity index (χ4n) is 2.35. The Balaban J connectivity index is 2.08. The standard InChI is InChI=1S/C15H16N6/c1-11-13(8-5-9-17-11)15(19-16)14-10-18-20-21(14)12-6-3-2-4-7-12/h2-10,15,19H,16H2,1H3. The van der Waals surface area contributed by atoms with E-state index < -0.39 is 0 Å². The highest BCUT2D eigenvalue weighted by Crippen LogP contribution is 2.24. The summed E-state index contributed by atoms with van der Waals surface area (Å²) in [5.41, 5.74) is 6.55. The lowest BCUT2D eigenvalue weighted by molar-refractivity contribution is 0.590. The predicted octanol–water partition coefficient (Wildman–Crippen LogP) is 1.52. The molecule has 0 amide bonds. The molecule has 0 fully saturated rings. The lowest BCUT2D eigenvalue weighted by Crippen LogP contribution is -2.31. The number of nitrogens with zero attached hydrogens (tertiary/aromatic N) is 4. The molecule has 6 heteroatoms. The van der Waals surface area contributed by atoms with E-state index in [9.17, 15) is 0 Å². The topological polar surface area (TPSA) is 81.7 Å². The van der Waals surface area contributed by atoms with Gasteiger partial charge in [0.05, 0.1) is 23.6 Å². The summed E-state index contributed by atoms with van der Waals surface area (Å²) in [7, 11) is 0. The molecule has 0 aliphatic carbocycles. The van der Waals surface area contributed by atoms with Crippen molar-refractivity contribution in [2.45, 2.75) is 13.0 Å². The third kappa shape index (κ3) is 2.54. The summed E-state index contributed by atoms with van der Waals surface area (Å²) >= 11 is 0. The number of pyridine rings is 1. The second kappa shape index (κ2) is 5.82. The summed E-state index contributed by atoms with van der Waals surface area (Å²) in [6, 6.07) is 13.5. The number of benzene rings is 1. The number of para-hydroxylation sites is 1. The molecule has 0 saturated heterocycles. The molecule has 6 nitrogen and oxygen atoms in total. The van der Waals surface area contributed by atoms with Crippen LogP contribution in [0.2, 0.25) is 0 Å². The second-order valence-electron chi connectivity index (χ2n) is 4.68. The number of aryl methyl sites for hydroxylation is 1. The van der Waals surface area contributed by atoms with E-state index in [0.717, 1.165) is 22.6 Å². The second-order valence-corrected chi connectivity index (χ2v) is 4.68. The first-order valence-corrected chi connectivity index (χ1v) is 6.65. The highest BCUT2D eigenvalue weighted by molar-refractivity contribution is 5.36. The molecule has 0 spiro atoms. The number of nitrogens with two attached hydrogens (primary N) is 1. The van der Waals surface area contributed by atoms with Gasteiger partial charge in [-0.15, -0.1) is 5.10 Å². The summed E-state index contributed by atoms with van der Waals surface area (Å²) in [5, 5.41) is 8.18. The minimum atomic E-state index is -0.228. The zero-order valence-electron chi connectivity index (χ0n) is 11.6. The minimum absolute atomic E-state index is 0.228. The zero-order valence-corrected chi connectivity index (χ0v) is 11.6. The van der Waals surface area contributed by atoms with Gasteiger partial charge in [-0.05, 0) is 30.7 Å². The SMILES string of the molecule is Cc1ncccc1C(NN)c1cnnn1-c1ccccc1. The number of rotatable bonds is 4. The number of hydrazine groups is 1. The van der Waals surface area contributed by atoms with Crippen LogP contribution in [0.25, 0.3) is 5.69 Å². The van der Waals surface area contributed by atoms with Gasteiger partial charge in [0, 0.05) is 11.9 Å². The van der Waals surface area contributed by atoms with Crippen molar-refractivity contribution in [3.05, 3.63) is 71.8 Å². The lowest BCUT2D eigenvalue weighted by Gasteiger charge is -2.18. The quantitative estimate of drug-likeness (QED) is 0.559. The molecule has 1 atom stereocenters. The fourth-order valence-corrected chi connectivity index (χ4v) is 2.35. The van der Waals surface area contributed by atoms with Gasteiger partial charge in [-0.2, -0.15) is 0 Å². The van der Waals surface area contributed by atoms with Gasteiger partial charge in [-0.25, -0.2) is 10.1 Å². The van der Waals surface area contributed by atoms with Crippen molar-refractivity contribution in [3.8, 4) is 5.69 Å². The highest BCUT2D eigenvalue weighted by atomic mass is 15.4. The molecule has 0 bridgehead atoms. The van der Waals surface area contributed by atoms with Gasteiger partial charge in [0.2, 0.25) is 0 Å². The predicted molar refractivity (Wildman–Crippen MR) is 79.5 cm³/mol. The molecule has 0 radical (unpaired) electrons. The van der Waals surface area contributed by atoms with Crippen molar-refractivity contribution in [1.82, 2.24) is 25.4 Å². The molecular weight excluding hydrogens is 264 g/mol. The maximum atomic E-state index is 5.77. The highest BCUT2D eigenvalue weighted by Gasteiger charge is 2.20. The molecule has 106 valence electrons.